The monoisotopic (exact) mass is 437 g/mol. The summed E-state index contributed by atoms with van der Waals surface area (Å²) in [4.78, 5) is 38.1. The first kappa shape index (κ1) is 24.2. The quantitative estimate of drug-likeness (QED) is 0.634. The predicted molar refractivity (Wildman–Crippen MR) is 116 cm³/mol. The van der Waals surface area contributed by atoms with Gasteiger partial charge < -0.3 is 20.6 Å². The van der Waals surface area contributed by atoms with E-state index in [4.69, 9.17) is 11.6 Å². The second kappa shape index (κ2) is 9.35. The highest BCUT2D eigenvalue weighted by atomic mass is 35.5. The Hall–Kier alpha value is -2.12. The number of nitrogens with one attached hydrogen (secondary N) is 2. The van der Waals surface area contributed by atoms with Crippen molar-refractivity contribution in [3.63, 3.8) is 0 Å². The number of rotatable bonds is 6. The normalized spacial score (nSPS) is 21.8. The van der Waals surface area contributed by atoms with E-state index in [1.165, 1.54) is 6.92 Å². The SMILES string of the molecule is CC(=O)NCC(=O)NC(C(=O)N1CCC(O)(c2ccc(Cl)cc2)C(C)(C)C1)C(C)C. The van der Waals surface area contributed by atoms with Gasteiger partial charge in [0.25, 0.3) is 0 Å². The lowest BCUT2D eigenvalue weighted by Crippen LogP contribution is -2.61. The number of hydrogen-bond donors (Lipinski definition) is 3. The third-order valence-electron chi connectivity index (χ3n) is 5.83. The third kappa shape index (κ3) is 5.32. The first-order valence-corrected chi connectivity index (χ1v) is 10.6. The molecule has 0 radical (unpaired) electrons. The Morgan fingerprint density at radius 3 is 2.30 bits per heavy atom. The van der Waals surface area contributed by atoms with E-state index in [2.05, 4.69) is 10.6 Å². The van der Waals surface area contributed by atoms with Crippen molar-refractivity contribution in [3.8, 4) is 0 Å². The molecule has 0 spiro atoms. The topological polar surface area (TPSA) is 98.7 Å². The van der Waals surface area contributed by atoms with Gasteiger partial charge in [0.2, 0.25) is 17.7 Å². The zero-order chi connectivity index (χ0) is 22.7. The molecule has 0 aromatic heterocycles. The molecular weight excluding hydrogens is 406 g/mol. The average Bonchev–Trinajstić information content (AvgIpc) is 2.66. The van der Waals surface area contributed by atoms with Gasteiger partial charge in [-0.3, -0.25) is 14.4 Å². The second-order valence-electron chi connectivity index (χ2n) is 8.96. The van der Waals surface area contributed by atoms with Gasteiger partial charge >= 0.3 is 0 Å². The summed E-state index contributed by atoms with van der Waals surface area (Å²) in [6, 6.07) is 6.44. The highest BCUT2D eigenvalue weighted by molar-refractivity contribution is 6.30. The van der Waals surface area contributed by atoms with Gasteiger partial charge in [0, 0.05) is 30.5 Å². The van der Waals surface area contributed by atoms with Gasteiger partial charge in [-0.15, -0.1) is 0 Å². The van der Waals surface area contributed by atoms with Crippen LogP contribution < -0.4 is 10.6 Å². The van der Waals surface area contributed by atoms with Crippen molar-refractivity contribution >= 4 is 29.3 Å². The van der Waals surface area contributed by atoms with Gasteiger partial charge in [-0.1, -0.05) is 51.4 Å². The molecule has 0 saturated carbocycles. The number of likely N-dealkylation sites (tertiary alicyclic amines) is 1. The number of piperidine rings is 1. The van der Waals surface area contributed by atoms with Crippen LogP contribution in [-0.4, -0.2) is 53.4 Å². The van der Waals surface area contributed by atoms with Crippen LogP contribution in [0.3, 0.4) is 0 Å². The zero-order valence-corrected chi connectivity index (χ0v) is 19.0. The van der Waals surface area contributed by atoms with Crippen molar-refractivity contribution in [2.24, 2.45) is 11.3 Å². The molecule has 0 aliphatic carbocycles. The highest BCUT2D eigenvalue weighted by Crippen LogP contribution is 2.46. The smallest absolute Gasteiger partial charge is 0.245 e. The molecule has 1 heterocycles. The first-order valence-electron chi connectivity index (χ1n) is 10.2. The molecule has 1 aromatic rings. The van der Waals surface area contributed by atoms with Crippen LogP contribution in [0.4, 0.5) is 0 Å². The van der Waals surface area contributed by atoms with E-state index in [0.717, 1.165) is 5.56 Å². The van der Waals surface area contributed by atoms with E-state index < -0.39 is 23.0 Å². The van der Waals surface area contributed by atoms with Crippen LogP contribution in [-0.2, 0) is 20.0 Å². The highest BCUT2D eigenvalue weighted by Gasteiger charge is 2.50. The largest absolute Gasteiger partial charge is 0.384 e. The van der Waals surface area contributed by atoms with Crippen LogP contribution in [0.5, 0.6) is 0 Å². The van der Waals surface area contributed by atoms with E-state index in [-0.39, 0.29) is 24.3 Å². The molecule has 8 heteroatoms. The van der Waals surface area contributed by atoms with Gasteiger partial charge in [-0.05, 0) is 30.0 Å². The lowest BCUT2D eigenvalue weighted by Gasteiger charge is -2.51. The molecule has 2 atom stereocenters. The maximum atomic E-state index is 13.2. The minimum absolute atomic E-state index is 0.126. The molecule has 166 valence electrons. The standard InChI is InChI=1S/C22H32ClN3O4/c1-14(2)19(25-18(28)12-24-15(3)27)20(29)26-11-10-22(30,21(4,5)13-26)16-6-8-17(23)9-7-16/h6-9,14,19,30H,10-13H2,1-5H3,(H,24,27)(H,25,28). The van der Waals surface area contributed by atoms with Crippen LogP contribution in [0.15, 0.2) is 24.3 Å². The van der Waals surface area contributed by atoms with Crippen molar-refractivity contribution in [1.82, 2.24) is 15.5 Å². The molecule has 30 heavy (non-hydrogen) atoms. The Kier molecular flexibility index (Phi) is 7.53. The van der Waals surface area contributed by atoms with Gasteiger partial charge in [0.05, 0.1) is 12.1 Å². The average molecular weight is 438 g/mol. The van der Waals surface area contributed by atoms with Crippen molar-refractivity contribution in [3.05, 3.63) is 34.9 Å². The Morgan fingerprint density at radius 1 is 1.20 bits per heavy atom. The number of hydrogen-bond acceptors (Lipinski definition) is 4. The van der Waals surface area contributed by atoms with E-state index in [1.807, 2.05) is 39.8 Å². The summed E-state index contributed by atoms with van der Waals surface area (Å²) in [7, 11) is 0. The second-order valence-corrected chi connectivity index (χ2v) is 9.40. The fourth-order valence-electron chi connectivity index (χ4n) is 3.91. The lowest BCUT2D eigenvalue weighted by atomic mass is 9.66. The summed E-state index contributed by atoms with van der Waals surface area (Å²) >= 11 is 5.99. The minimum atomic E-state index is -1.10. The first-order chi connectivity index (χ1) is 13.9. The molecule has 1 aromatic carbocycles. The van der Waals surface area contributed by atoms with Crippen LogP contribution in [0.1, 0.15) is 46.6 Å². The summed E-state index contributed by atoms with van der Waals surface area (Å²) in [6.45, 7) is 9.45. The van der Waals surface area contributed by atoms with Gasteiger partial charge in [0.15, 0.2) is 0 Å². The molecule has 2 unspecified atom stereocenters. The molecular formula is C22H32ClN3O4. The Balaban J connectivity index is 2.14. The number of amides is 3. The molecule has 7 nitrogen and oxygen atoms in total. The predicted octanol–water partition coefficient (Wildman–Crippen LogP) is 2.06. The minimum Gasteiger partial charge on any atom is -0.384 e. The van der Waals surface area contributed by atoms with E-state index in [1.54, 1.807) is 17.0 Å². The Morgan fingerprint density at radius 2 is 1.80 bits per heavy atom. The van der Waals surface area contributed by atoms with Crippen molar-refractivity contribution < 1.29 is 19.5 Å². The summed E-state index contributed by atoms with van der Waals surface area (Å²) in [5, 5.41) is 17.3. The number of benzene rings is 1. The zero-order valence-electron chi connectivity index (χ0n) is 18.3. The number of halogens is 1. The van der Waals surface area contributed by atoms with E-state index >= 15 is 0 Å². The summed E-state index contributed by atoms with van der Waals surface area (Å²) in [5.74, 6) is -1.03. The number of nitrogens with zero attached hydrogens (tertiary/aromatic N) is 1. The fraction of sp³-hybridized carbons (Fsp3) is 0.591. The summed E-state index contributed by atoms with van der Waals surface area (Å²) in [5.41, 5.74) is -0.944. The maximum absolute atomic E-state index is 13.2. The molecule has 1 aliphatic heterocycles. The number of carbonyl (C=O) groups is 3. The molecule has 3 N–H and O–H groups in total. The maximum Gasteiger partial charge on any atom is 0.245 e. The molecule has 2 rings (SSSR count). The molecule has 1 saturated heterocycles. The van der Waals surface area contributed by atoms with Crippen molar-refractivity contribution in [1.29, 1.82) is 0 Å². The summed E-state index contributed by atoms with van der Waals surface area (Å²) in [6.07, 6.45) is 0.373. The number of aliphatic hydroxyl groups is 1. The van der Waals surface area contributed by atoms with Crippen LogP contribution in [0.2, 0.25) is 5.02 Å². The molecule has 3 amide bonds. The van der Waals surface area contributed by atoms with Gasteiger partial charge in [-0.2, -0.15) is 0 Å². The van der Waals surface area contributed by atoms with E-state index in [9.17, 15) is 19.5 Å². The van der Waals surface area contributed by atoms with Gasteiger partial charge in [-0.25, -0.2) is 0 Å². The van der Waals surface area contributed by atoms with E-state index in [0.29, 0.717) is 24.5 Å². The lowest BCUT2D eigenvalue weighted by molar-refractivity contribution is -0.156. The Bertz CT molecular complexity index is 794. The van der Waals surface area contributed by atoms with Crippen molar-refractivity contribution in [2.75, 3.05) is 19.6 Å². The summed E-state index contributed by atoms with van der Waals surface area (Å²) < 4.78 is 0. The Labute approximate surface area is 183 Å². The fourth-order valence-corrected chi connectivity index (χ4v) is 4.04. The van der Waals surface area contributed by atoms with Crippen LogP contribution >= 0.6 is 11.6 Å². The van der Waals surface area contributed by atoms with Gasteiger partial charge in [0.1, 0.15) is 6.04 Å². The third-order valence-corrected chi connectivity index (χ3v) is 6.08. The molecule has 1 aliphatic rings. The van der Waals surface area contributed by atoms with Crippen molar-refractivity contribution in [2.45, 2.75) is 52.7 Å². The number of carbonyl (C=O) groups excluding carboxylic acids is 3. The molecule has 1 fully saturated rings. The van der Waals surface area contributed by atoms with Crippen LogP contribution in [0, 0.1) is 11.3 Å². The van der Waals surface area contributed by atoms with Crippen LogP contribution in [0.25, 0.3) is 0 Å². The molecule has 0 bridgehead atoms.